The van der Waals surface area contributed by atoms with E-state index in [0.717, 1.165) is 25.4 Å². The van der Waals surface area contributed by atoms with E-state index in [1.54, 1.807) is 6.20 Å². The Hall–Kier alpha value is -1.68. The third-order valence-electron chi connectivity index (χ3n) is 3.88. The molecule has 1 heterocycles. The van der Waals surface area contributed by atoms with Gasteiger partial charge >= 0.3 is 0 Å². The first kappa shape index (κ1) is 12.4. The molecule has 1 aliphatic rings. The number of nitrogens with zero attached hydrogens (tertiary/aromatic N) is 3. The molecule has 0 radical (unpaired) electrons. The minimum absolute atomic E-state index is 0.695. The molecule has 1 saturated carbocycles. The number of hydrogen-bond donors (Lipinski definition) is 1. The highest BCUT2D eigenvalue weighted by molar-refractivity contribution is 5.22. The van der Waals surface area contributed by atoms with Crippen LogP contribution in [0.15, 0.2) is 42.7 Å². The van der Waals surface area contributed by atoms with Crippen molar-refractivity contribution < 1.29 is 0 Å². The molecule has 19 heavy (non-hydrogen) atoms. The molecule has 4 heteroatoms. The Labute approximate surface area is 113 Å². The molecular formula is C15H20N4. The van der Waals surface area contributed by atoms with Crippen molar-refractivity contribution in [3.05, 3.63) is 48.3 Å². The first-order valence-corrected chi connectivity index (χ1v) is 7.04. The lowest BCUT2D eigenvalue weighted by Gasteiger charge is -2.36. The lowest BCUT2D eigenvalue weighted by atomic mass is 9.76. The fraction of sp³-hybridized carbons (Fsp3) is 0.467. The lowest BCUT2D eigenvalue weighted by Crippen LogP contribution is -2.40. The minimum Gasteiger partial charge on any atom is -0.314 e. The fourth-order valence-electron chi connectivity index (χ4n) is 2.68. The van der Waals surface area contributed by atoms with E-state index in [2.05, 4.69) is 46.0 Å². The maximum absolute atomic E-state index is 3.96. The average molecular weight is 256 g/mol. The predicted molar refractivity (Wildman–Crippen MR) is 74.8 cm³/mol. The van der Waals surface area contributed by atoms with Crippen LogP contribution in [0.3, 0.4) is 0 Å². The van der Waals surface area contributed by atoms with Gasteiger partial charge in [0.15, 0.2) is 0 Å². The predicted octanol–water partition coefficient (Wildman–Crippen LogP) is 2.20. The van der Waals surface area contributed by atoms with E-state index in [1.165, 1.54) is 18.4 Å². The molecule has 0 aliphatic heterocycles. The number of aryl methyl sites for hydroxylation is 1. The van der Waals surface area contributed by atoms with Crippen molar-refractivity contribution >= 4 is 0 Å². The zero-order chi connectivity index (χ0) is 12.9. The number of rotatable bonds is 6. The van der Waals surface area contributed by atoms with Crippen LogP contribution in [-0.4, -0.2) is 27.6 Å². The first-order valence-electron chi connectivity index (χ1n) is 7.04. The molecule has 4 nitrogen and oxygen atoms in total. The van der Waals surface area contributed by atoms with Gasteiger partial charge in [-0.1, -0.05) is 35.5 Å². The van der Waals surface area contributed by atoms with E-state index >= 15 is 0 Å². The van der Waals surface area contributed by atoms with Crippen molar-refractivity contribution in [2.24, 2.45) is 0 Å². The summed E-state index contributed by atoms with van der Waals surface area (Å²) in [6.07, 6.45) is 7.29. The zero-order valence-corrected chi connectivity index (χ0v) is 11.1. The van der Waals surface area contributed by atoms with Gasteiger partial charge in [0, 0.05) is 18.8 Å². The average Bonchev–Trinajstić information content (AvgIpc) is 2.90. The smallest absolute Gasteiger partial charge is 0.0692 e. The van der Waals surface area contributed by atoms with E-state index in [4.69, 9.17) is 0 Å². The molecule has 0 saturated heterocycles. The van der Waals surface area contributed by atoms with Crippen LogP contribution in [0.5, 0.6) is 0 Å². The van der Waals surface area contributed by atoms with Crippen LogP contribution in [0.2, 0.25) is 0 Å². The number of nitrogens with one attached hydrogen (secondary N) is 1. The van der Waals surface area contributed by atoms with Gasteiger partial charge in [-0.2, -0.15) is 0 Å². The first-order chi connectivity index (χ1) is 9.42. The van der Waals surface area contributed by atoms with Gasteiger partial charge in [-0.05, 0) is 37.3 Å². The molecule has 2 aromatic rings. The third-order valence-corrected chi connectivity index (χ3v) is 3.88. The Bertz CT molecular complexity index is 474. The summed E-state index contributed by atoms with van der Waals surface area (Å²) in [6, 6.07) is 11.5. The fourth-order valence-corrected chi connectivity index (χ4v) is 2.68. The lowest BCUT2D eigenvalue weighted by molar-refractivity contribution is 0.288. The molecule has 0 amide bonds. The summed E-state index contributed by atoms with van der Waals surface area (Å²) in [7, 11) is 0. The highest BCUT2D eigenvalue weighted by Crippen LogP contribution is 2.36. The van der Waals surface area contributed by atoms with Crippen LogP contribution < -0.4 is 5.32 Å². The van der Waals surface area contributed by atoms with Crippen LogP contribution in [-0.2, 0) is 6.54 Å². The Morgan fingerprint density at radius 1 is 1.21 bits per heavy atom. The van der Waals surface area contributed by atoms with Gasteiger partial charge in [0.2, 0.25) is 0 Å². The van der Waals surface area contributed by atoms with Crippen LogP contribution in [0.25, 0.3) is 0 Å². The second kappa shape index (κ2) is 5.97. The Kier molecular flexibility index (Phi) is 3.89. The van der Waals surface area contributed by atoms with E-state index in [-0.39, 0.29) is 0 Å². The largest absolute Gasteiger partial charge is 0.314 e. The quantitative estimate of drug-likeness (QED) is 0.806. The maximum Gasteiger partial charge on any atom is 0.0692 e. The molecule has 0 spiro atoms. The second-order valence-electron chi connectivity index (χ2n) is 5.25. The van der Waals surface area contributed by atoms with Crippen molar-refractivity contribution in [3.8, 4) is 0 Å². The summed E-state index contributed by atoms with van der Waals surface area (Å²) in [5.41, 5.74) is 1.49. The van der Waals surface area contributed by atoms with Gasteiger partial charge in [-0.15, -0.1) is 5.10 Å². The number of benzene rings is 1. The molecule has 1 fully saturated rings. The molecule has 0 atom stereocenters. The second-order valence-corrected chi connectivity index (χ2v) is 5.25. The number of hydrogen-bond acceptors (Lipinski definition) is 3. The Morgan fingerprint density at radius 2 is 2.05 bits per heavy atom. The van der Waals surface area contributed by atoms with Gasteiger partial charge in [-0.25, -0.2) is 0 Å². The van der Waals surface area contributed by atoms with E-state index in [9.17, 15) is 0 Å². The van der Waals surface area contributed by atoms with Gasteiger partial charge in [0.1, 0.15) is 0 Å². The Balaban J connectivity index is 1.32. The topological polar surface area (TPSA) is 42.7 Å². The molecule has 0 bridgehead atoms. The van der Waals surface area contributed by atoms with Crippen molar-refractivity contribution in [2.45, 2.75) is 37.8 Å². The van der Waals surface area contributed by atoms with Gasteiger partial charge in [0.05, 0.1) is 6.20 Å². The molecule has 1 aromatic carbocycles. The maximum atomic E-state index is 3.96. The summed E-state index contributed by atoms with van der Waals surface area (Å²) in [4.78, 5) is 0. The van der Waals surface area contributed by atoms with E-state index in [0.29, 0.717) is 6.04 Å². The van der Waals surface area contributed by atoms with Crippen LogP contribution in [0.4, 0.5) is 0 Å². The highest BCUT2D eigenvalue weighted by atomic mass is 15.4. The third kappa shape index (κ3) is 3.20. The molecule has 1 aliphatic carbocycles. The summed E-state index contributed by atoms with van der Waals surface area (Å²) >= 11 is 0. The van der Waals surface area contributed by atoms with Crippen LogP contribution >= 0.6 is 0 Å². The van der Waals surface area contributed by atoms with Gasteiger partial charge in [-0.3, -0.25) is 4.68 Å². The monoisotopic (exact) mass is 256 g/mol. The molecule has 1 N–H and O–H groups in total. The molecule has 3 rings (SSSR count). The molecule has 0 unspecified atom stereocenters. The van der Waals surface area contributed by atoms with Crippen molar-refractivity contribution in [1.29, 1.82) is 0 Å². The molecular weight excluding hydrogens is 236 g/mol. The summed E-state index contributed by atoms with van der Waals surface area (Å²) < 4.78 is 1.88. The standard InChI is InChI=1S/C15H20N4/c1-2-5-13(6-3-1)14-11-15(12-14)16-7-4-9-19-10-8-17-18-19/h1-3,5-6,8,10,14-16H,4,7,9,11-12H2. The summed E-state index contributed by atoms with van der Waals surface area (Å²) in [5.74, 6) is 0.758. The SMILES string of the molecule is c1ccc(C2CC(NCCCn3ccnn3)C2)cc1. The van der Waals surface area contributed by atoms with Crippen molar-refractivity contribution in [3.63, 3.8) is 0 Å². The number of aromatic nitrogens is 3. The summed E-state index contributed by atoms with van der Waals surface area (Å²) in [5, 5.41) is 11.4. The Morgan fingerprint density at radius 3 is 2.79 bits per heavy atom. The molecule has 1 aromatic heterocycles. The van der Waals surface area contributed by atoms with E-state index in [1.807, 2.05) is 10.9 Å². The van der Waals surface area contributed by atoms with Crippen molar-refractivity contribution in [2.75, 3.05) is 6.54 Å². The van der Waals surface area contributed by atoms with Crippen LogP contribution in [0, 0.1) is 0 Å². The minimum atomic E-state index is 0.695. The van der Waals surface area contributed by atoms with Crippen LogP contribution in [0.1, 0.15) is 30.7 Å². The normalized spacial score (nSPS) is 22.1. The zero-order valence-electron chi connectivity index (χ0n) is 11.1. The molecule has 100 valence electrons. The van der Waals surface area contributed by atoms with Crippen molar-refractivity contribution in [1.82, 2.24) is 20.3 Å². The highest BCUT2D eigenvalue weighted by Gasteiger charge is 2.29. The van der Waals surface area contributed by atoms with E-state index < -0.39 is 0 Å². The van der Waals surface area contributed by atoms with Gasteiger partial charge in [0.25, 0.3) is 0 Å². The summed E-state index contributed by atoms with van der Waals surface area (Å²) in [6.45, 7) is 2.01. The van der Waals surface area contributed by atoms with Gasteiger partial charge < -0.3 is 5.32 Å².